The summed E-state index contributed by atoms with van der Waals surface area (Å²) >= 11 is 0. The van der Waals surface area contributed by atoms with E-state index < -0.39 is 11.7 Å². The van der Waals surface area contributed by atoms with Gasteiger partial charge in [0.05, 0.1) is 43.8 Å². The van der Waals surface area contributed by atoms with Gasteiger partial charge < -0.3 is 24.4 Å². The second kappa shape index (κ2) is 12.5. The molecule has 0 saturated heterocycles. The molecule has 0 fully saturated rings. The number of ether oxygens (including phenoxy) is 3. The monoisotopic (exact) mass is 564 g/mol. The minimum atomic E-state index is -0.584. The van der Waals surface area contributed by atoms with Crippen LogP contribution in [0.2, 0.25) is 0 Å². The molecule has 42 heavy (non-hydrogen) atoms. The van der Waals surface area contributed by atoms with Crippen LogP contribution in [0.1, 0.15) is 43.0 Å². The van der Waals surface area contributed by atoms with Crippen molar-refractivity contribution < 1.29 is 23.8 Å². The fourth-order valence-electron chi connectivity index (χ4n) is 4.46. The summed E-state index contributed by atoms with van der Waals surface area (Å²) in [7, 11) is 4.82. The van der Waals surface area contributed by atoms with E-state index in [1.807, 2.05) is 36.4 Å². The number of nitriles is 1. The molecule has 1 N–H and O–H groups in total. The molecule has 4 rings (SSSR count). The smallest absolute Gasteiger partial charge is 0.408 e. The molecule has 214 valence electrons. The number of alkyl carbamates (subject to hydrolysis) is 1. The van der Waals surface area contributed by atoms with Crippen LogP contribution in [0.15, 0.2) is 59.6 Å². The van der Waals surface area contributed by atoms with E-state index in [0.717, 1.165) is 16.7 Å². The number of carbonyl (C=O) groups excluding carboxylic acids is 2. The van der Waals surface area contributed by atoms with Crippen molar-refractivity contribution in [2.45, 2.75) is 26.4 Å². The van der Waals surface area contributed by atoms with Crippen molar-refractivity contribution in [3.8, 4) is 40.5 Å². The van der Waals surface area contributed by atoms with Crippen LogP contribution in [0, 0.1) is 23.2 Å². The third-order valence-electron chi connectivity index (χ3n) is 6.41. The molecule has 0 atom stereocenters. The number of fused-ring (bicyclic) bond motifs is 1. The predicted molar refractivity (Wildman–Crippen MR) is 161 cm³/mol. The molecule has 1 aliphatic rings. The zero-order valence-electron chi connectivity index (χ0n) is 24.5. The number of benzodiazepines with no additional fused rings is 1. The van der Waals surface area contributed by atoms with E-state index in [1.54, 1.807) is 65.1 Å². The van der Waals surface area contributed by atoms with E-state index in [2.05, 4.69) is 23.2 Å². The molecule has 0 saturated carbocycles. The third kappa shape index (κ3) is 6.54. The molecular formula is C33H32N4O5. The molecule has 0 aliphatic carbocycles. The van der Waals surface area contributed by atoms with Crippen LogP contribution in [0.4, 0.5) is 10.5 Å². The van der Waals surface area contributed by atoms with Crippen molar-refractivity contribution in [1.29, 1.82) is 5.26 Å². The molecule has 9 nitrogen and oxygen atoms in total. The van der Waals surface area contributed by atoms with Gasteiger partial charge in [-0.2, -0.15) is 5.26 Å². The van der Waals surface area contributed by atoms with Crippen molar-refractivity contribution in [2.24, 2.45) is 4.99 Å². The summed E-state index contributed by atoms with van der Waals surface area (Å²) in [6.07, 6.45) is -0.527. The third-order valence-corrected chi connectivity index (χ3v) is 6.41. The van der Waals surface area contributed by atoms with E-state index in [4.69, 9.17) is 19.2 Å². The van der Waals surface area contributed by atoms with E-state index in [9.17, 15) is 14.9 Å². The molecule has 1 heterocycles. The van der Waals surface area contributed by atoms with Crippen LogP contribution in [0.3, 0.4) is 0 Å². The highest BCUT2D eigenvalue weighted by molar-refractivity contribution is 6.23. The van der Waals surface area contributed by atoms with Gasteiger partial charge in [0.15, 0.2) is 11.5 Å². The standard InChI is InChI=1S/C33H32N4O5/c1-33(2,3)42-32(39)35-17-7-8-21-9-13-23(14-10-21)28-29-25(18-26(40-5)31(28)41-6)37(4)27(38)20-36-30(29)24-15-11-22(19-34)12-16-24/h9-16,18H,17,20H2,1-6H3,(H,35,39). The zero-order valence-corrected chi connectivity index (χ0v) is 24.5. The molecular weight excluding hydrogens is 532 g/mol. The number of aliphatic imine (C=N–C) groups is 1. The van der Waals surface area contributed by atoms with Crippen molar-refractivity contribution in [3.05, 3.63) is 76.9 Å². The van der Waals surface area contributed by atoms with Gasteiger partial charge in [0, 0.05) is 35.4 Å². The quantitative estimate of drug-likeness (QED) is 0.440. The average molecular weight is 565 g/mol. The van der Waals surface area contributed by atoms with E-state index in [-0.39, 0.29) is 19.0 Å². The average Bonchev–Trinajstić information content (AvgIpc) is 3.09. The van der Waals surface area contributed by atoms with E-state index in [0.29, 0.717) is 39.6 Å². The van der Waals surface area contributed by atoms with Crippen LogP contribution in [0.25, 0.3) is 11.1 Å². The van der Waals surface area contributed by atoms with Gasteiger partial charge in [-0.3, -0.25) is 9.79 Å². The Bertz CT molecular complexity index is 1630. The largest absolute Gasteiger partial charge is 0.493 e. The Morgan fingerprint density at radius 3 is 2.24 bits per heavy atom. The van der Waals surface area contributed by atoms with E-state index in [1.165, 1.54) is 0 Å². The number of anilines is 1. The summed E-state index contributed by atoms with van der Waals surface area (Å²) in [5.41, 5.74) is 4.84. The van der Waals surface area contributed by atoms with Crippen molar-refractivity contribution >= 4 is 23.4 Å². The Morgan fingerprint density at radius 1 is 1.00 bits per heavy atom. The SMILES string of the molecule is COc1cc2c(c(-c3ccc(C#CCNC(=O)OC(C)(C)C)cc3)c1OC)C(c1ccc(C#N)cc1)=NCC(=O)N2C. The van der Waals surface area contributed by atoms with Gasteiger partial charge in [-0.05, 0) is 50.6 Å². The number of amides is 2. The van der Waals surface area contributed by atoms with Gasteiger partial charge in [-0.15, -0.1) is 0 Å². The van der Waals surface area contributed by atoms with Gasteiger partial charge in [-0.25, -0.2) is 4.79 Å². The summed E-state index contributed by atoms with van der Waals surface area (Å²) in [6.45, 7) is 5.48. The predicted octanol–water partition coefficient (Wildman–Crippen LogP) is 4.93. The van der Waals surface area contributed by atoms with Gasteiger partial charge in [0.2, 0.25) is 5.91 Å². The highest BCUT2D eigenvalue weighted by atomic mass is 16.6. The molecule has 2 amide bonds. The first-order valence-electron chi connectivity index (χ1n) is 13.2. The Kier molecular flexibility index (Phi) is 8.83. The minimum absolute atomic E-state index is 0.0452. The number of carbonyl (C=O) groups is 2. The van der Waals surface area contributed by atoms with Crippen LogP contribution in [-0.2, 0) is 9.53 Å². The first-order valence-corrected chi connectivity index (χ1v) is 13.2. The molecule has 0 aromatic heterocycles. The number of nitrogens with one attached hydrogen (secondary N) is 1. The lowest BCUT2D eigenvalue weighted by atomic mass is 9.89. The molecule has 0 radical (unpaired) electrons. The van der Waals surface area contributed by atoms with Crippen LogP contribution >= 0.6 is 0 Å². The van der Waals surface area contributed by atoms with Crippen molar-refractivity contribution in [1.82, 2.24) is 5.32 Å². The summed E-state index contributed by atoms with van der Waals surface area (Å²) in [5.74, 6) is 6.75. The first kappa shape index (κ1) is 29.7. The molecule has 3 aromatic rings. The summed E-state index contributed by atoms with van der Waals surface area (Å²) < 4.78 is 16.8. The molecule has 0 spiro atoms. The number of hydrogen-bond acceptors (Lipinski definition) is 7. The first-order chi connectivity index (χ1) is 20.1. The van der Waals surface area contributed by atoms with Crippen LogP contribution in [-0.4, -0.2) is 57.7 Å². The zero-order chi connectivity index (χ0) is 30.4. The summed E-state index contributed by atoms with van der Waals surface area (Å²) in [5, 5.41) is 11.9. The highest BCUT2D eigenvalue weighted by Gasteiger charge is 2.30. The van der Waals surface area contributed by atoms with Gasteiger partial charge in [-0.1, -0.05) is 36.1 Å². The normalized spacial score (nSPS) is 12.5. The lowest BCUT2D eigenvalue weighted by Crippen LogP contribution is -2.32. The summed E-state index contributed by atoms with van der Waals surface area (Å²) in [6, 6.07) is 18.5. The number of methoxy groups -OCH3 is 2. The minimum Gasteiger partial charge on any atom is -0.493 e. The number of likely N-dealkylation sites (N-methyl/N-ethyl adjacent to an activating group) is 1. The number of nitrogens with zero attached hydrogens (tertiary/aromatic N) is 3. The van der Waals surface area contributed by atoms with Crippen LogP contribution < -0.4 is 19.7 Å². The Labute approximate surface area is 245 Å². The highest BCUT2D eigenvalue weighted by Crippen LogP contribution is 2.47. The molecule has 9 heteroatoms. The van der Waals surface area contributed by atoms with Crippen molar-refractivity contribution in [2.75, 3.05) is 39.3 Å². The number of hydrogen-bond donors (Lipinski definition) is 1. The second-order valence-electron chi connectivity index (χ2n) is 10.4. The van der Waals surface area contributed by atoms with Gasteiger partial charge in [0.25, 0.3) is 0 Å². The molecule has 0 bridgehead atoms. The maximum atomic E-state index is 13.0. The number of rotatable bonds is 5. The fourth-order valence-corrected chi connectivity index (χ4v) is 4.46. The topological polar surface area (TPSA) is 113 Å². The second-order valence-corrected chi connectivity index (χ2v) is 10.4. The van der Waals surface area contributed by atoms with Crippen molar-refractivity contribution in [3.63, 3.8) is 0 Å². The lowest BCUT2D eigenvalue weighted by molar-refractivity contribution is -0.116. The number of benzene rings is 3. The fraction of sp³-hybridized carbons (Fsp3) is 0.273. The molecule has 3 aromatic carbocycles. The molecule has 1 aliphatic heterocycles. The Balaban J connectivity index is 1.79. The summed E-state index contributed by atoms with van der Waals surface area (Å²) in [4.78, 5) is 31.1. The van der Waals surface area contributed by atoms with Crippen LogP contribution in [0.5, 0.6) is 11.5 Å². The van der Waals surface area contributed by atoms with E-state index >= 15 is 0 Å². The Morgan fingerprint density at radius 2 is 1.64 bits per heavy atom. The van der Waals surface area contributed by atoms with Gasteiger partial charge in [0.1, 0.15) is 12.1 Å². The lowest BCUT2D eigenvalue weighted by Gasteiger charge is -2.24. The maximum Gasteiger partial charge on any atom is 0.408 e. The Hall–Kier alpha value is -5.28. The maximum absolute atomic E-state index is 13.0. The molecule has 0 unspecified atom stereocenters. The van der Waals surface area contributed by atoms with Gasteiger partial charge >= 0.3 is 6.09 Å².